The molecule has 1 aromatic carbocycles. The van der Waals surface area contributed by atoms with Crippen LogP contribution in [0.15, 0.2) is 48.6 Å². The molecule has 3 rings (SSSR count). The number of hydrogen-bond acceptors (Lipinski definition) is 2. The zero-order valence-electron chi connectivity index (χ0n) is 15.0. The van der Waals surface area contributed by atoms with Crippen molar-refractivity contribution in [2.45, 2.75) is 47.0 Å². The smallest absolute Gasteiger partial charge is 0.0991 e. The zero-order chi connectivity index (χ0) is 17.4. The first-order chi connectivity index (χ1) is 11.3. The van der Waals surface area contributed by atoms with Crippen molar-refractivity contribution in [3.63, 3.8) is 0 Å². The molecule has 3 heteroatoms. The first-order valence-electron chi connectivity index (χ1n) is 8.51. The molecule has 2 aromatic rings. The molecule has 1 heterocycles. The Labute approximate surface area is 144 Å². The molecule has 1 aliphatic rings. The molecular weight excluding hydrogens is 294 g/mol. The van der Waals surface area contributed by atoms with E-state index in [2.05, 4.69) is 55.4 Å². The van der Waals surface area contributed by atoms with Crippen molar-refractivity contribution in [2.24, 2.45) is 10.8 Å². The Morgan fingerprint density at radius 2 is 1.71 bits per heavy atom. The Kier molecular flexibility index (Phi) is 4.09. The summed E-state index contributed by atoms with van der Waals surface area (Å²) in [4.78, 5) is 4.25. The Morgan fingerprint density at radius 3 is 2.21 bits per heavy atom. The van der Waals surface area contributed by atoms with Gasteiger partial charge in [-0.3, -0.25) is 0 Å². The summed E-state index contributed by atoms with van der Waals surface area (Å²) in [7, 11) is 0. The van der Waals surface area contributed by atoms with Gasteiger partial charge >= 0.3 is 0 Å². The first kappa shape index (κ1) is 16.5. The summed E-state index contributed by atoms with van der Waals surface area (Å²) in [6.45, 7) is 9.44. The van der Waals surface area contributed by atoms with E-state index >= 15 is 0 Å². The van der Waals surface area contributed by atoms with E-state index in [0.29, 0.717) is 5.56 Å². The van der Waals surface area contributed by atoms with Crippen LogP contribution in [0.4, 0.5) is 0 Å². The summed E-state index contributed by atoms with van der Waals surface area (Å²) in [5.41, 5.74) is 5.11. The lowest BCUT2D eigenvalue weighted by Crippen LogP contribution is -2.30. The molecule has 0 saturated heterocycles. The van der Waals surface area contributed by atoms with Gasteiger partial charge in [0.2, 0.25) is 0 Å². The maximum absolute atomic E-state index is 9.06. The maximum Gasteiger partial charge on any atom is 0.0991 e. The monoisotopic (exact) mass is 319 g/mol. The quantitative estimate of drug-likeness (QED) is 0.758. The molecule has 1 fully saturated rings. The van der Waals surface area contributed by atoms with Crippen molar-refractivity contribution in [1.82, 2.24) is 9.55 Å². The van der Waals surface area contributed by atoms with E-state index in [1.807, 2.05) is 30.9 Å². The lowest BCUT2D eigenvalue weighted by Gasteiger charge is -2.43. The summed E-state index contributed by atoms with van der Waals surface area (Å²) in [5.74, 6) is 0. The van der Waals surface area contributed by atoms with Gasteiger partial charge in [0.25, 0.3) is 0 Å². The Balaban J connectivity index is 2.16. The summed E-state index contributed by atoms with van der Waals surface area (Å²) < 4.78 is 2.12. The van der Waals surface area contributed by atoms with Crippen LogP contribution in [0.2, 0.25) is 0 Å². The molecule has 0 spiro atoms. The molecule has 3 nitrogen and oxygen atoms in total. The van der Waals surface area contributed by atoms with Crippen molar-refractivity contribution < 1.29 is 0 Å². The van der Waals surface area contributed by atoms with Crippen molar-refractivity contribution in [1.29, 1.82) is 5.26 Å². The second kappa shape index (κ2) is 5.94. The van der Waals surface area contributed by atoms with Crippen LogP contribution >= 0.6 is 0 Å². The van der Waals surface area contributed by atoms with E-state index in [9.17, 15) is 0 Å². The largest absolute Gasteiger partial charge is 0.306 e. The van der Waals surface area contributed by atoms with E-state index in [0.717, 1.165) is 18.4 Å². The lowest BCUT2D eigenvalue weighted by atomic mass is 9.63. The zero-order valence-corrected chi connectivity index (χ0v) is 15.0. The number of aromatic nitrogens is 2. The van der Waals surface area contributed by atoms with Gasteiger partial charge in [-0.05, 0) is 53.4 Å². The summed E-state index contributed by atoms with van der Waals surface area (Å²) in [5, 5.41) is 9.06. The molecule has 0 radical (unpaired) electrons. The van der Waals surface area contributed by atoms with Gasteiger partial charge in [-0.2, -0.15) is 5.26 Å². The summed E-state index contributed by atoms with van der Waals surface area (Å²) >= 11 is 0. The van der Waals surface area contributed by atoms with Crippen LogP contribution in [0, 0.1) is 22.2 Å². The Bertz CT molecular complexity index is 767. The third-order valence-electron chi connectivity index (χ3n) is 4.73. The molecule has 1 saturated carbocycles. The van der Waals surface area contributed by atoms with E-state index in [1.165, 1.54) is 17.7 Å². The van der Waals surface area contributed by atoms with Crippen LogP contribution in [0.5, 0.6) is 0 Å². The number of hydrogen-bond donors (Lipinski definition) is 0. The van der Waals surface area contributed by atoms with Gasteiger partial charge in [0.1, 0.15) is 0 Å². The SMILES string of the molecule is CC1(C)CC(=C(c2ccc(C#N)cc2)n2ccnc2)CC(C)(C)C1. The van der Waals surface area contributed by atoms with Crippen LogP contribution < -0.4 is 0 Å². The Hall–Kier alpha value is -2.34. The van der Waals surface area contributed by atoms with Crippen molar-refractivity contribution in [3.05, 3.63) is 59.7 Å². The van der Waals surface area contributed by atoms with Gasteiger partial charge < -0.3 is 4.57 Å². The summed E-state index contributed by atoms with van der Waals surface area (Å²) in [6.07, 6.45) is 9.11. The average molecular weight is 319 g/mol. The molecule has 0 unspecified atom stereocenters. The molecule has 24 heavy (non-hydrogen) atoms. The maximum atomic E-state index is 9.06. The molecule has 0 aliphatic heterocycles. The highest BCUT2D eigenvalue weighted by molar-refractivity contribution is 5.69. The first-order valence-corrected chi connectivity index (χ1v) is 8.51. The van der Waals surface area contributed by atoms with Gasteiger partial charge in [0.15, 0.2) is 0 Å². The minimum atomic E-state index is 0.287. The van der Waals surface area contributed by atoms with Crippen LogP contribution in [0.3, 0.4) is 0 Å². The van der Waals surface area contributed by atoms with Gasteiger partial charge in [0.05, 0.1) is 23.7 Å². The van der Waals surface area contributed by atoms with Gasteiger partial charge in [-0.1, -0.05) is 39.8 Å². The average Bonchev–Trinajstić information content (AvgIpc) is 2.99. The van der Waals surface area contributed by atoms with Crippen molar-refractivity contribution >= 4 is 5.70 Å². The number of nitriles is 1. The number of benzene rings is 1. The number of allylic oxidation sites excluding steroid dienone is 1. The fourth-order valence-electron chi connectivity index (χ4n) is 4.44. The van der Waals surface area contributed by atoms with Crippen LogP contribution in [0.1, 0.15) is 58.1 Å². The number of rotatable bonds is 2. The highest BCUT2D eigenvalue weighted by Crippen LogP contribution is 2.50. The molecule has 0 bridgehead atoms. The van der Waals surface area contributed by atoms with Crippen molar-refractivity contribution in [2.75, 3.05) is 0 Å². The minimum absolute atomic E-state index is 0.287. The van der Waals surface area contributed by atoms with E-state index in [1.54, 1.807) is 0 Å². The molecule has 0 atom stereocenters. The second-order valence-corrected chi connectivity index (χ2v) is 8.47. The fourth-order valence-corrected chi connectivity index (χ4v) is 4.44. The highest BCUT2D eigenvalue weighted by atomic mass is 15.0. The number of nitrogens with zero attached hydrogens (tertiary/aromatic N) is 3. The Morgan fingerprint density at radius 1 is 1.08 bits per heavy atom. The highest BCUT2D eigenvalue weighted by Gasteiger charge is 2.37. The van der Waals surface area contributed by atoms with E-state index in [4.69, 9.17) is 5.26 Å². The molecule has 0 amide bonds. The molecule has 0 N–H and O–H groups in total. The normalized spacial score (nSPS) is 18.9. The minimum Gasteiger partial charge on any atom is -0.306 e. The topological polar surface area (TPSA) is 41.6 Å². The van der Waals surface area contributed by atoms with Gasteiger partial charge in [0, 0.05) is 12.4 Å². The van der Waals surface area contributed by atoms with Gasteiger partial charge in [-0.15, -0.1) is 0 Å². The molecular formula is C21H25N3. The molecule has 1 aliphatic carbocycles. The van der Waals surface area contributed by atoms with Crippen LogP contribution in [-0.4, -0.2) is 9.55 Å². The molecule has 124 valence electrons. The summed E-state index contributed by atoms with van der Waals surface area (Å²) in [6, 6.07) is 10.1. The standard InChI is InChI=1S/C21H25N3/c1-20(2)11-18(12-21(3,4)14-20)19(24-10-9-23-15-24)17-7-5-16(13-22)6-8-17/h5-10,15H,11-12,14H2,1-4H3. The lowest BCUT2D eigenvalue weighted by molar-refractivity contribution is 0.154. The fraction of sp³-hybridized carbons (Fsp3) is 0.429. The van der Waals surface area contributed by atoms with Crippen LogP contribution in [0.25, 0.3) is 5.70 Å². The van der Waals surface area contributed by atoms with Crippen molar-refractivity contribution in [3.8, 4) is 6.07 Å². The number of imidazole rings is 1. The predicted molar refractivity (Wildman–Crippen MR) is 97.1 cm³/mol. The third kappa shape index (κ3) is 3.43. The van der Waals surface area contributed by atoms with E-state index < -0.39 is 0 Å². The predicted octanol–water partition coefficient (Wildman–Crippen LogP) is 5.25. The third-order valence-corrected chi connectivity index (χ3v) is 4.73. The second-order valence-electron chi connectivity index (χ2n) is 8.47. The van der Waals surface area contributed by atoms with E-state index in [-0.39, 0.29) is 10.8 Å². The molecule has 1 aromatic heterocycles. The van der Waals surface area contributed by atoms with Gasteiger partial charge in [-0.25, -0.2) is 4.98 Å². The van der Waals surface area contributed by atoms with Crippen LogP contribution in [-0.2, 0) is 0 Å².